The average Bonchev–Trinajstić information content (AvgIpc) is 3.09. The summed E-state index contributed by atoms with van der Waals surface area (Å²) in [6, 6.07) is 1.23. The second-order valence-corrected chi connectivity index (χ2v) is 5.70. The minimum atomic E-state index is -0.975. The number of methoxy groups -OCH3 is 1. The molecule has 7 nitrogen and oxygen atoms in total. The molecule has 2 fully saturated rings. The largest absolute Gasteiger partial charge is 0.495 e. The summed E-state index contributed by atoms with van der Waals surface area (Å²) in [5.74, 6) is -0.0144. The first-order chi connectivity index (χ1) is 9.55. The van der Waals surface area contributed by atoms with Gasteiger partial charge in [0.05, 0.1) is 13.7 Å². The Hall–Kier alpha value is -2.09. The third-order valence-electron chi connectivity index (χ3n) is 3.61. The highest BCUT2D eigenvalue weighted by Crippen LogP contribution is 2.30. The number of hydrogen-bond donors (Lipinski definition) is 2. The van der Waals surface area contributed by atoms with Crippen molar-refractivity contribution in [2.24, 2.45) is 0 Å². The van der Waals surface area contributed by atoms with Crippen molar-refractivity contribution >= 4 is 29.2 Å². The summed E-state index contributed by atoms with van der Waals surface area (Å²) >= 11 is 1.30. The van der Waals surface area contributed by atoms with Crippen molar-refractivity contribution in [2.75, 3.05) is 20.2 Å². The zero-order valence-electron chi connectivity index (χ0n) is 10.8. The van der Waals surface area contributed by atoms with Crippen molar-refractivity contribution in [1.29, 1.82) is 0 Å². The predicted octanol–water partition coefficient (Wildman–Crippen LogP) is 0.181. The van der Waals surface area contributed by atoms with Crippen LogP contribution < -0.4 is 15.4 Å². The number of carbonyl (C=O) groups is 3. The number of urea groups is 1. The van der Waals surface area contributed by atoms with E-state index in [1.54, 1.807) is 16.3 Å². The molecule has 3 heterocycles. The van der Waals surface area contributed by atoms with Crippen LogP contribution in [0.2, 0.25) is 0 Å². The molecular weight excluding hydrogens is 282 g/mol. The number of hydrogen-bond acceptors (Lipinski definition) is 5. The molecule has 4 amide bonds. The molecule has 1 spiro atoms. The highest BCUT2D eigenvalue weighted by Gasteiger charge is 2.51. The topological polar surface area (TPSA) is 87.7 Å². The average molecular weight is 295 g/mol. The molecule has 0 bridgehead atoms. The van der Waals surface area contributed by atoms with E-state index in [2.05, 4.69) is 10.6 Å². The van der Waals surface area contributed by atoms with Gasteiger partial charge in [0.2, 0.25) is 0 Å². The quantitative estimate of drug-likeness (QED) is 0.762. The lowest BCUT2D eigenvalue weighted by atomic mass is 10.00. The summed E-state index contributed by atoms with van der Waals surface area (Å²) in [5.41, 5.74) is -0.975. The van der Waals surface area contributed by atoms with E-state index in [-0.39, 0.29) is 18.4 Å². The second-order valence-electron chi connectivity index (χ2n) is 4.79. The maximum atomic E-state index is 12.4. The number of amides is 4. The molecule has 0 radical (unpaired) electrons. The molecule has 0 aliphatic carbocycles. The van der Waals surface area contributed by atoms with Gasteiger partial charge in [-0.15, -0.1) is 11.3 Å². The standard InChI is InChI=1S/C12H13N3O4S/c1-19-7-2-5-20-8(7)9(16)15-4-3-12(6-15)10(17)13-11(18)14-12/h2,5H,3-4,6H2,1H3,(H2,13,14,17,18). The van der Waals surface area contributed by atoms with Crippen molar-refractivity contribution in [3.8, 4) is 5.75 Å². The van der Waals surface area contributed by atoms with Crippen LogP contribution in [0.1, 0.15) is 16.1 Å². The molecule has 2 aliphatic heterocycles. The first-order valence-corrected chi connectivity index (χ1v) is 6.98. The van der Waals surface area contributed by atoms with E-state index in [1.807, 2.05) is 0 Å². The molecule has 20 heavy (non-hydrogen) atoms. The number of rotatable bonds is 2. The van der Waals surface area contributed by atoms with Gasteiger partial charge in [0, 0.05) is 6.54 Å². The van der Waals surface area contributed by atoms with E-state index in [1.165, 1.54) is 18.4 Å². The van der Waals surface area contributed by atoms with Crippen LogP contribution in [0.15, 0.2) is 11.4 Å². The fraction of sp³-hybridized carbons (Fsp3) is 0.417. The smallest absolute Gasteiger partial charge is 0.322 e. The summed E-state index contributed by atoms with van der Waals surface area (Å²) in [6.45, 7) is 0.609. The molecular formula is C12H13N3O4S. The lowest BCUT2D eigenvalue weighted by Gasteiger charge is -2.20. The number of thiophene rings is 1. The Bertz CT molecular complexity index is 599. The summed E-state index contributed by atoms with van der Waals surface area (Å²) in [5, 5.41) is 6.61. The molecule has 106 valence electrons. The van der Waals surface area contributed by atoms with Crippen LogP contribution in [0, 0.1) is 0 Å². The van der Waals surface area contributed by atoms with Crippen LogP contribution in [-0.2, 0) is 4.79 Å². The van der Waals surface area contributed by atoms with Crippen molar-refractivity contribution in [1.82, 2.24) is 15.5 Å². The predicted molar refractivity (Wildman–Crippen MR) is 70.8 cm³/mol. The highest BCUT2D eigenvalue weighted by molar-refractivity contribution is 7.12. The minimum Gasteiger partial charge on any atom is -0.495 e. The van der Waals surface area contributed by atoms with E-state index in [9.17, 15) is 14.4 Å². The normalized spacial score (nSPS) is 24.9. The SMILES string of the molecule is COc1ccsc1C(=O)N1CCC2(C1)NC(=O)NC2=O. The third-order valence-corrected chi connectivity index (χ3v) is 4.50. The molecule has 0 saturated carbocycles. The number of nitrogens with one attached hydrogen (secondary N) is 2. The molecule has 8 heteroatoms. The first-order valence-electron chi connectivity index (χ1n) is 6.10. The van der Waals surface area contributed by atoms with Crippen LogP contribution in [0.25, 0.3) is 0 Å². The van der Waals surface area contributed by atoms with Gasteiger partial charge < -0.3 is 15.0 Å². The van der Waals surface area contributed by atoms with Gasteiger partial charge in [0.1, 0.15) is 16.2 Å². The molecule has 1 atom stereocenters. The van der Waals surface area contributed by atoms with Crippen LogP contribution in [0.4, 0.5) is 4.79 Å². The first kappa shape index (κ1) is 12.9. The number of imide groups is 1. The monoisotopic (exact) mass is 295 g/mol. The van der Waals surface area contributed by atoms with Crippen LogP contribution in [0.5, 0.6) is 5.75 Å². The Balaban J connectivity index is 1.79. The van der Waals surface area contributed by atoms with E-state index in [0.29, 0.717) is 23.6 Å². The molecule has 1 aromatic rings. The van der Waals surface area contributed by atoms with Gasteiger partial charge in [-0.2, -0.15) is 0 Å². The summed E-state index contributed by atoms with van der Waals surface area (Å²) in [4.78, 5) is 37.6. The van der Waals surface area contributed by atoms with Gasteiger partial charge >= 0.3 is 6.03 Å². The van der Waals surface area contributed by atoms with Crippen molar-refractivity contribution in [2.45, 2.75) is 12.0 Å². The highest BCUT2D eigenvalue weighted by atomic mass is 32.1. The number of likely N-dealkylation sites (tertiary alicyclic amines) is 1. The maximum absolute atomic E-state index is 12.4. The van der Waals surface area contributed by atoms with Gasteiger partial charge in [-0.1, -0.05) is 0 Å². The minimum absolute atomic E-state index is 0.178. The maximum Gasteiger partial charge on any atom is 0.322 e. The number of ether oxygens (including phenoxy) is 1. The summed E-state index contributed by atoms with van der Waals surface area (Å²) in [7, 11) is 1.51. The Morgan fingerprint density at radius 2 is 2.30 bits per heavy atom. The zero-order valence-corrected chi connectivity index (χ0v) is 11.6. The number of nitrogens with zero attached hydrogens (tertiary/aromatic N) is 1. The zero-order chi connectivity index (χ0) is 14.3. The van der Waals surface area contributed by atoms with Gasteiger partial charge in [-0.05, 0) is 17.9 Å². The molecule has 2 N–H and O–H groups in total. The van der Waals surface area contributed by atoms with Crippen molar-refractivity contribution < 1.29 is 19.1 Å². The van der Waals surface area contributed by atoms with Gasteiger partial charge in [-0.25, -0.2) is 4.79 Å². The van der Waals surface area contributed by atoms with Crippen molar-refractivity contribution in [3.05, 3.63) is 16.3 Å². The summed E-state index contributed by atoms with van der Waals surface area (Å²) in [6.07, 6.45) is 0.421. The van der Waals surface area contributed by atoms with Crippen LogP contribution in [0.3, 0.4) is 0 Å². The number of carbonyl (C=O) groups excluding carboxylic acids is 3. The second kappa shape index (κ2) is 4.48. The van der Waals surface area contributed by atoms with Gasteiger partial charge in [0.25, 0.3) is 11.8 Å². The lowest BCUT2D eigenvalue weighted by Crippen LogP contribution is -2.49. The molecule has 3 rings (SSSR count). The molecule has 1 unspecified atom stereocenters. The lowest BCUT2D eigenvalue weighted by molar-refractivity contribution is -0.123. The Labute approximate surface area is 118 Å². The van der Waals surface area contributed by atoms with E-state index in [0.717, 1.165) is 0 Å². The Kier molecular flexibility index (Phi) is 2.89. The Morgan fingerprint density at radius 1 is 1.50 bits per heavy atom. The molecule has 2 aliphatic rings. The molecule has 2 saturated heterocycles. The third kappa shape index (κ3) is 1.83. The van der Waals surface area contributed by atoms with Gasteiger partial charge in [-0.3, -0.25) is 14.9 Å². The summed E-state index contributed by atoms with van der Waals surface area (Å²) < 4.78 is 5.14. The Morgan fingerprint density at radius 3 is 2.95 bits per heavy atom. The fourth-order valence-electron chi connectivity index (χ4n) is 2.56. The molecule has 0 aromatic carbocycles. The van der Waals surface area contributed by atoms with Gasteiger partial charge in [0.15, 0.2) is 0 Å². The fourth-order valence-corrected chi connectivity index (χ4v) is 3.38. The molecule has 1 aromatic heterocycles. The van der Waals surface area contributed by atoms with Crippen molar-refractivity contribution in [3.63, 3.8) is 0 Å². The van der Waals surface area contributed by atoms with Crippen LogP contribution in [-0.4, -0.2) is 48.5 Å². The van der Waals surface area contributed by atoms with E-state index < -0.39 is 11.6 Å². The van der Waals surface area contributed by atoms with E-state index >= 15 is 0 Å². The van der Waals surface area contributed by atoms with Crippen LogP contribution >= 0.6 is 11.3 Å². The van der Waals surface area contributed by atoms with E-state index in [4.69, 9.17) is 4.74 Å².